The van der Waals surface area contributed by atoms with Crippen molar-refractivity contribution in [2.75, 3.05) is 4.90 Å². The number of esters is 2. The molecule has 3 aromatic rings. The van der Waals surface area contributed by atoms with E-state index in [1.165, 1.54) is 5.56 Å². The van der Waals surface area contributed by atoms with E-state index in [-0.39, 0.29) is 18.5 Å². The predicted molar refractivity (Wildman–Crippen MR) is 131 cm³/mol. The second kappa shape index (κ2) is 10.6. The van der Waals surface area contributed by atoms with Crippen LogP contribution in [0.3, 0.4) is 0 Å². The van der Waals surface area contributed by atoms with Gasteiger partial charge in [-0.2, -0.15) is 0 Å². The zero-order chi connectivity index (χ0) is 24.0. The molecular formula is C28H29NO4. The minimum atomic E-state index is -0.404. The Bertz CT molecular complexity index is 1110. The van der Waals surface area contributed by atoms with E-state index < -0.39 is 5.97 Å². The molecule has 0 aromatic heterocycles. The summed E-state index contributed by atoms with van der Waals surface area (Å²) in [5, 5.41) is 0. The summed E-state index contributed by atoms with van der Waals surface area (Å²) in [5.74, 6) is -0.349. The van der Waals surface area contributed by atoms with Gasteiger partial charge in [0.05, 0.1) is 5.92 Å². The van der Waals surface area contributed by atoms with Crippen LogP contribution in [0.1, 0.15) is 31.9 Å². The largest absolute Gasteiger partial charge is 0.457 e. The Morgan fingerprint density at radius 2 is 1.33 bits per heavy atom. The second-order valence-electron chi connectivity index (χ2n) is 8.26. The van der Waals surface area contributed by atoms with Crippen LogP contribution in [0.4, 0.5) is 17.1 Å². The van der Waals surface area contributed by atoms with Crippen LogP contribution in [0.5, 0.6) is 5.75 Å². The molecule has 5 nitrogen and oxygen atoms in total. The summed E-state index contributed by atoms with van der Waals surface area (Å²) >= 11 is 0. The van der Waals surface area contributed by atoms with Crippen molar-refractivity contribution in [3.05, 3.63) is 96.1 Å². The van der Waals surface area contributed by atoms with Crippen LogP contribution < -0.4 is 9.64 Å². The molecule has 0 fully saturated rings. The highest BCUT2D eigenvalue weighted by molar-refractivity contribution is 5.87. The standard InChI is InChI=1S/C28H29NO4/c1-19(2)27(30)32-18-22-8-12-24(13-9-22)29(23-10-6-21(5)7-11-23)25-14-16-26(17-15-25)33-28(31)20(3)4/h6-17,20H,1,18H2,2-5H3. The number of hydrogen-bond acceptors (Lipinski definition) is 5. The summed E-state index contributed by atoms with van der Waals surface area (Å²) in [6.45, 7) is 11.1. The van der Waals surface area contributed by atoms with Gasteiger partial charge in [0.15, 0.2) is 0 Å². The van der Waals surface area contributed by atoms with Gasteiger partial charge < -0.3 is 14.4 Å². The van der Waals surface area contributed by atoms with Crippen molar-refractivity contribution in [1.82, 2.24) is 0 Å². The number of anilines is 3. The SMILES string of the molecule is C=C(C)C(=O)OCc1ccc(N(c2ccc(C)cc2)c2ccc(OC(=O)C(C)C)cc2)cc1. The fourth-order valence-corrected chi connectivity index (χ4v) is 3.05. The summed E-state index contributed by atoms with van der Waals surface area (Å²) in [6.07, 6.45) is 0. The minimum absolute atomic E-state index is 0.187. The monoisotopic (exact) mass is 443 g/mol. The number of rotatable bonds is 8. The lowest BCUT2D eigenvalue weighted by atomic mass is 10.1. The maximum Gasteiger partial charge on any atom is 0.333 e. The lowest BCUT2D eigenvalue weighted by Crippen LogP contribution is -2.15. The zero-order valence-corrected chi connectivity index (χ0v) is 19.5. The molecular weight excluding hydrogens is 414 g/mol. The van der Waals surface area contributed by atoms with E-state index in [4.69, 9.17) is 9.47 Å². The molecule has 3 aromatic carbocycles. The Labute approximate surface area is 195 Å². The number of nitrogens with zero attached hydrogens (tertiary/aromatic N) is 1. The van der Waals surface area contributed by atoms with Crippen LogP contribution in [0.2, 0.25) is 0 Å². The maximum absolute atomic E-state index is 11.9. The Balaban J connectivity index is 1.88. The molecule has 0 unspecified atom stereocenters. The maximum atomic E-state index is 11.9. The molecule has 0 saturated heterocycles. The van der Waals surface area contributed by atoms with Crippen molar-refractivity contribution < 1.29 is 19.1 Å². The van der Waals surface area contributed by atoms with Gasteiger partial charge >= 0.3 is 11.9 Å². The first-order valence-corrected chi connectivity index (χ1v) is 10.8. The lowest BCUT2D eigenvalue weighted by Gasteiger charge is -2.26. The number of ether oxygens (including phenoxy) is 2. The minimum Gasteiger partial charge on any atom is -0.457 e. The van der Waals surface area contributed by atoms with Crippen molar-refractivity contribution in [3.8, 4) is 5.75 Å². The normalized spacial score (nSPS) is 10.6. The topological polar surface area (TPSA) is 55.8 Å². The summed E-state index contributed by atoms with van der Waals surface area (Å²) in [5.41, 5.74) is 5.29. The van der Waals surface area contributed by atoms with Gasteiger partial charge in [-0.3, -0.25) is 4.79 Å². The van der Waals surface area contributed by atoms with E-state index in [1.54, 1.807) is 32.9 Å². The Morgan fingerprint density at radius 3 is 1.82 bits per heavy atom. The zero-order valence-electron chi connectivity index (χ0n) is 19.5. The van der Waals surface area contributed by atoms with Crippen LogP contribution in [0.25, 0.3) is 0 Å². The van der Waals surface area contributed by atoms with Gasteiger partial charge in [-0.05, 0) is 67.9 Å². The van der Waals surface area contributed by atoms with Crippen LogP contribution in [0.15, 0.2) is 84.9 Å². The number of aryl methyl sites for hydroxylation is 1. The molecule has 0 aliphatic heterocycles. The van der Waals surface area contributed by atoms with Gasteiger partial charge in [-0.1, -0.05) is 50.3 Å². The summed E-state index contributed by atoms with van der Waals surface area (Å²) in [4.78, 5) is 25.7. The quantitative estimate of drug-likeness (QED) is 0.222. The number of carbonyl (C=O) groups excluding carboxylic acids is 2. The van der Waals surface area contributed by atoms with Crippen molar-refractivity contribution in [1.29, 1.82) is 0 Å². The highest BCUT2D eigenvalue weighted by atomic mass is 16.5. The molecule has 33 heavy (non-hydrogen) atoms. The molecule has 0 N–H and O–H groups in total. The van der Waals surface area contributed by atoms with E-state index in [1.807, 2.05) is 43.3 Å². The van der Waals surface area contributed by atoms with E-state index in [2.05, 4.69) is 35.7 Å². The first-order chi connectivity index (χ1) is 15.7. The van der Waals surface area contributed by atoms with E-state index in [9.17, 15) is 9.59 Å². The van der Waals surface area contributed by atoms with Crippen molar-refractivity contribution in [3.63, 3.8) is 0 Å². The van der Waals surface area contributed by atoms with Crippen molar-refractivity contribution >= 4 is 29.0 Å². The predicted octanol–water partition coefficient (Wildman–Crippen LogP) is 6.65. The molecule has 0 saturated carbocycles. The number of hydrogen-bond donors (Lipinski definition) is 0. The molecule has 0 radical (unpaired) electrons. The average Bonchev–Trinajstić information content (AvgIpc) is 2.80. The van der Waals surface area contributed by atoms with E-state index in [0.29, 0.717) is 11.3 Å². The molecule has 0 aliphatic carbocycles. The molecule has 0 heterocycles. The fraction of sp³-hybridized carbons (Fsp3) is 0.214. The van der Waals surface area contributed by atoms with E-state index in [0.717, 1.165) is 22.6 Å². The number of benzene rings is 3. The third-order valence-electron chi connectivity index (χ3n) is 4.99. The summed E-state index contributed by atoms with van der Waals surface area (Å²) < 4.78 is 10.7. The van der Waals surface area contributed by atoms with Crippen LogP contribution in [0, 0.1) is 12.8 Å². The lowest BCUT2D eigenvalue weighted by molar-refractivity contribution is -0.140. The van der Waals surface area contributed by atoms with Gasteiger partial charge in [-0.25, -0.2) is 4.79 Å². The molecule has 0 amide bonds. The van der Waals surface area contributed by atoms with Crippen molar-refractivity contribution in [2.45, 2.75) is 34.3 Å². The molecule has 170 valence electrons. The summed E-state index contributed by atoms with van der Waals surface area (Å²) in [7, 11) is 0. The van der Waals surface area contributed by atoms with E-state index >= 15 is 0 Å². The van der Waals surface area contributed by atoms with Crippen molar-refractivity contribution in [2.24, 2.45) is 5.92 Å². The molecule has 0 spiro atoms. The molecule has 3 rings (SSSR count). The first kappa shape index (κ1) is 23.8. The Morgan fingerprint density at radius 1 is 0.848 bits per heavy atom. The Hall–Kier alpha value is -3.86. The van der Waals surface area contributed by atoms with Crippen LogP contribution in [-0.4, -0.2) is 11.9 Å². The van der Waals surface area contributed by atoms with Crippen LogP contribution in [-0.2, 0) is 20.9 Å². The fourth-order valence-electron chi connectivity index (χ4n) is 3.05. The molecule has 0 atom stereocenters. The van der Waals surface area contributed by atoms with Gasteiger partial charge in [0.1, 0.15) is 12.4 Å². The first-order valence-electron chi connectivity index (χ1n) is 10.8. The third-order valence-corrected chi connectivity index (χ3v) is 4.99. The smallest absolute Gasteiger partial charge is 0.333 e. The highest BCUT2D eigenvalue weighted by Gasteiger charge is 2.14. The second-order valence-corrected chi connectivity index (χ2v) is 8.26. The molecule has 5 heteroatoms. The highest BCUT2D eigenvalue weighted by Crippen LogP contribution is 2.35. The Kier molecular flexibility index (Phi) is 7.67. The van der Waals surface area contributed by atoms with Gasteiger partial charge in [0.2, 0.25) is 0 Å². The average molecular weight is 444 g/mol. The molecule has 0 aliphatic rings. The third kappa shape index (κ3) is 6.32. The van der Waals surface area contributed by atoms with Gasteiger partial charge in [0, 0.05) is 22.6 Å². The van der Waals surface area contributed by atoms with Gasteiger partial charge in [0.25, 0.3) is 0 Å². The summed E-state index contributed by atoms with van der Waals surface area (Å²) in [6, 6.07) is 23.5. The van der Waals surface area contributed by atoms with Crippen LogP contribution >= 0.6 is 0 Å². The molecule has 0 bridgehead atoms. The number of carbonyl (C=O) groups is 2. The van der Waals surface area contributed by atoms with Gasteiger partial charge in [-0.15, -0.1) is 0 Å².